The van der Waals surface area contributed by atoms with E-state index in [0.29, 0.717) is 18.4 Å². The average molecular weight is 439 g/mol. The molecule has 0 bridgehead atoms. The topological polar surface area (TPSA) is 83.9 Å². The molecule has 0 unspecified atom stereocenters. The van der Waals surface area contributed by atoms with E-state index in [9.17, 15) is 23.9 Å². The minimum absolute atomic E-state index is 0.0454. The summed E-state index contributed by atoms with van der Waals surface area (Å²) in [6.45, 7) is 0. The van der Waals surface area contributed by atoms with Crippen LogP contribution in [0.2, 0.25) is 0 Å². The van der Waals surface area contributed by atoms with Crippen LogP contribution < -0.4 is 9.64 Å². The number of imide groups is 1. The first-order valence-electron chi connectivity index (χ1n) is 9.52. The van der Waals surface area contributed by atoms with Gasteiger partial charge in [0.25, 0.3) is 5.91 Å². The largest absolute Gasteiger partial charge is 0.496 e. The van der Waals surface area contributed by atoms with E-state index < -0.39 is 23.6 Å². The Morgan fingerprint density at radius 3 is 2.71 bits per heavy atom. The zero-order valence-corrected chi connectivity index (χ0v) is 17.4. The maximum absolute atomic E-state index is 14.7. The lowest BCUT2D eigenvalue weighted by molar-refractivity contribution is -0.117. The van der Waals surface area contributed by atoms with Crippen LogP contribution in [0.4, 0.5) is 10.1 Å². The number of carbonyl (C=O) groups excluding carboxylic acids is 2. The molecule has 0 spiro atoms. The van der Waals surface area contributed by atoms with E-state index in [2.05, 4.69) is 0 Å². The summed E-state index contributed by atoms with van der Waals surface area (Å²) in [5.41, 5.74) is 1.87. The summed E-state index contributed by atoms with van der Waals surface area (Å²) in [7, 11) is 1.59. The maximum atomic E-state index is 14.7. The van der Waals surface area contributed by atoms with Crippen LogP contribution in [-0.4, -0.2) is 30.0 Å². The second kappa shape index (κ2) is 8.31. The van der Waals surface area contributed by atoms with E-state index in [4.69, 9.17) is 4.74 Å². The van der Waals surface area contributed by atoms with E-state index in [-0.39, 0.29) is 22.5 Å². The predicted molar refractivity (Wildman–Crippen MR) is 114 cm³/mol. The standard InChI is InChI=1S/C23H18FNO5S/c1-30-18-5-3-2-4-14(18)8-6-13-7-9-16(24)17(10-13)25-19(26)11-15-12-31-21(23(28)29)20(15)22(25)27/h2-5,7,9-10,12H,6,8,11H2,1H3,(H,28,29). The third-order valence-electron chi connectivity index (χ3n) is 5.20. The van der Waals surface area contributed by atoms with Crippen molar-refractivity contribution in [3.8, 4) is 5.75 Å². The Morgan fingerprint density at radius 1 is 1.19 bits per heavy atom. The van der Waals surface area contributed by atoms with Gasteiger partial charge in [0.1, 0.15) is 16.4 Å². The fourth-order valence-corrected chi connectivity index (χ4v) is 4.60. The molecule has 3 aromatic rings. The first kappa shape index (κ1) is 20.7. The SMILES string of the molecule is COc1ccccc1CCc1ccc(F)c(N2C(=O)Cc3csc(C(=O)O)c3C2=O)c1. The quantitative estimate of drug-likeness (QED) is 0.585. The molecule has 6 nitrogen and oxygen atoms in total. The third-order valence-corrected chi connectivity index (χ3v) is 6.21. The molecule has 1 aliphatic rings. The third kappa shape index (κ3) is 3.82. The van der Waals surface area contributed by atoms with Gasteiger partial charge in [-0.05, 0) is 53.1 Å². The Hall–Kier alpha value is -3.52. The summed E-state index contributed by atoms with van der Waals surface area (Å²) in [5, 5.41) is 10.9. The van der Waals surface area contributed by atoms with Crippen LogP contribution in [0.5, 0.6) is 5.75 Å². The highest BCUT2D eigenvalue weighted by Gasteiger charge is 2.38. The first-order chi connectivity index (χ1) is 14.9. The zero-order valence-electron chi connectivity index (χ0n) is 16.6. The van der Waals surface area contributed by atoms with Gasteiger partial charge in [-0.2, -0.15) is 0 Å². The molecule has 1 N–H and O–H groups in total. The molecule has 2 heterocycles. The van der Waals surface area contributed by atoms with Gasteiger partial charge < -0.3 is 9.84 Å². The summed E-state index contributed by atoms with van der Waals surface area (Å²) in [4.78, 5) is 37.7. The second-order valence-corrected chi connectivity index (χ2v) is 7.96. The summed E-state index contributed by atoms with van der Waals surface area (Å²) in [6, 6.07) is 11.9. The molecule has 1 aromatic heterocycles. The number of benzene rings is 2. The van der Waals surface area contributed by atoms with Crippen molar-refractivity contribution in [3.05, 3.63) is 80.8 Å². The number of aromatic carboxylic acids is 1. The number of aryl methyl sites for hydroxylation is 2. The number of methoxy groups -OCH3 is 1. The molecule has 2 amide bonds. The molecule has 0 fully saturated rings. The Bertz CT molecular complexity index is 1200. The van der Waals surface area contributed by atoms with Crippen LogP contribution in [0.15, 0.2) is 47.8 Å². The number of carbonyl (C=O) groups is 3. The number of halogens is 1. The molecular weight excluding hydrogens is 421 g/mol. The van der Waals surface area contributed by atoms with E-state index >= 15 is 0 Å². The highest BCUT2D eigenvalue weighted by molar-refractivity contribution is 7.12. The molecule has 0 atom stereocenters. The Kier molecular flexibility index (Phi) is 5.56. The summed E-state index contributed by atoms with van der Waals surface area (Å²) < 4.78 is 20.0. The minimum Gasteiger partial charge on any atom is -0.496 e. The summed E-state index contributed by atoms with van der Waals surface area (Å²) in [5.74, 6) is -2.63. The second-order valence-electron chi connectivity index (χ2n) is 7.08. The molecule has 1 aliphatic heterocycles. The number of carboxylic acid groups (broad SMARTS) is 1. The molecule has 0 saturated carbocycles. The van der Waals surface area contributed by atoms with Crippen LogP contribution in [-0.2, 0) is 24.1 Å². The van der Waals surface area contributed by atoms with Crippen molar-refractivity contribution in [2.45, 2.75) is 19.3 Å². The molecular formula is C23H18FNO5S. The van der Waals surface area contributed by atoms with E-state index in [1.165, 1.54) is 17.5 Å². The molecule has 8 heteroatoms. The highest BCUT2D eigenvalue weighted by Crippen LogP contribution is 2.33. The molecule has 2 aromatic carbocycles. The van der Waals surface area contributed by atoms with Gasteiger partial charge in [-0.3, -0.25) is 9.59 Å². The fourth-order valence-electron chi connectivity index (χ4n) is 3.70. The predicted octanol–water partition coefficient (Wildman–Crippen LogP) is 4.11. The first-order valence-corrected chi connectivity index (χ1v) is 10.4. The molecule has 0 aliphatic carbocycles. The summed E-state index contributed by atoms with van der Waals surface area (Å²) in [6.07, 6.45) is 0.999. The number of thiophene rings is 1. The number of amides is 2. The monoisotopic (exact) mass is 439 g/mol. The maximum Gasteiger partial charge on any atom is 0.346 e. The van der Waals surface area contributed by atoms with Gasteiger partial charge in [0, 0.05) is 0 Å². The van der Waals surface area contributed by atoms with Crippen molar-refractivity contribution < 1.29 is 28.6 Å². The number of anilines is 1. The van der Waals surface area contributed by atoms with Gasteiger partial charge in [0.05, 0.1) is 24.8 Å². The Morgan fingerprint density at radius 2 is 1.97 bits per heavy atom. The lowest BCUT2D eigenvalue weighted by Gasteiger charge is -2.26. The number of ether oxygens (including phenoxy) is 1. The van der Waals surface area contributed by atoms with Gasteiger partial charge in [0.15, 0.2) is 0 Å². The Labute approximate surface area is 181 Å². The summed E-state index contributed by atoms with van der Waals surface area (Å²) >= 11 is 0.888. The molecule has 0 saturated heterocycles. The minimum atomic E-state index is -1.25. The van der Waals surface area contributed by atoms with E-state index in [1.54, 1.807) is 13.2 Å². The number of fused-ring (bicyclic) bond motifs is 1. The van der Waals surface area contributed by atoms with E-state index in [0.717, 1.165) is 33.1 Å². The van der Waals surface area contributed by atoms with Gasteiger partial charge in [0.2, 0.25) is 5.91 Å². The van der Waals surface area contributed by atoms with Crippen LogP contribution in [0.3, 0.4) is 0 Å². The highest BCUT2D eigenvalue weighted by atomic mass is 32.1. The lowest BCUT2D eigenvalue weighted by atomic mass is 9.99. The number of hydrogen-bond acceptors (Lipinski definition) is 5. The van der Waals surface area contributed by atoms with Crippen LogP contribution in [0.25, 0.3) is 0 Å². The van der Waals surface area contributed by atoms with Crippen molar-refractivity contribution in [1.29, 1.82) is 0 Å². The number of rotatable bonds is 6. The smallest absolute Gasteiger partial charge is 0.346 e. The van der Waals surface area contributed by atoms with Crippen molar-refractivity contribution in [3.63, 3.8) is 0 Å². The molecule has 158 valence electrons. The van der Waals surface area contributed by atoms with Crippen molar-refractivity contribution in [1.82, 2.24) is 0 Å². The van der Waals surface area contributed by atoms with Crippen molar-refractivity contribution in [2.24, 2.45) is 0 Å². The van der Waals surface area contributed by atoms with Crippen molar-refractivity contribution in [2.75, 3.05) is 12.0 Å². The lowest BCUT2D eigenvalue weighted by Crippen LogP contribution is -2.43. The fraction of sp³-hybridized carbons (Fsp3) is 0.174. The average Bonchev–Trinajstić information content (AvgIpc) is 3.18. The van der Waals surface area contributed by atoms with Gasteiger partial charge in [-0.1, -0.05) is 24.3 Å². The number of para-hydroxylation sites is 1. The van der Waals surface area contributed by atoms with Crippen LogP contribution in [0.1, 0.15) is 36.7 Å². The molecule has 0 radical (unpaired) electrons. The van der Waals surface area contributed by atoms with E-state index in [1.807, 2.05) is 24.3 Å². The van der Waals surface area contributed by atoms with Gasteiger partial charge >= 0.3 is 5.97 Å². The molecule has 31 heavy (non-hydrogen) atoms. The number of hydrogen-bond donors (Lipinski definition) is 1. The van der Waals surface area contributed by atoms with Gasteiger partial charge in [-0.25, -0.2) is 14.1 Å². The Balaban J connectivity index is 1.65. The van der Waals surface area contributed by atoms with Gasteiger partial charge in [-0.15, -0.1) is 11.3 Å². The van der Waals surface area contributed by atoms with Crippen LogP contribution >= 0.6 is 11.3 Å². The van der Waals surface area contributed by atoms with Crippen molar-refractivity contribution >= 4 is 34.8 Å². The number of carboxylic acids is 1. The van der Waals surface area contributed by atoms with Crippen LogP contribution in [0, 0.1) is 5.82 Å². The normalized spacial score (nSPS) is 13.3. The molecule has 4 rings (SSSR count). The number of nitrogens with zero attached hydrogens (tertiary/aromatic N) is 1. The zero-order chi connectivity index (χ0) is 22.1.